The lowest BCUT2D eigenvalue weighted by molar-refractivity contribution is -0.116. The highest BCUT2D eigenvalue weighted by Gasteiger charge is 2.18. The SMILES string of the molecule is COCCCNC(=O)c1ccccc1NC(=O)CCCN(c1ccc(Cl)cc1)S(C)(=O)=O. The van der Waals surface area contributed by atoms with Gasteiger partial charge in [-0.15, -0.1) is 0 Å². The molecule has 0 unspecified atom stereocenters. The molecule has 0 fully saturated rings. The number of amides is 2. The maximum atomic E-state index is 12.5. The van der Waals surface area contributed by atoms with Crippen molar-refractivity contribution in [2.24, 2.45) is 0 Å². The lowest BCUT2D eigenvalue weighted by Crippen LogP contribution is -2.31. The Kier molecular flexibility index (Phi) is 9.96. The summed E-state index contributed by atoms with van der Waals surface area (Å²) in [6.07, 6.45) is 2.18. The van der Waals surface area contributed by atoms with E-state index in [9.17, 15) is 18.0 Å². The van der Waals surface area contributed by atoms with Crippen LogP contribution in [-0.2, 0) is 19.6 Å². The first-order valence-corrected chi connectivity index (χ1v) is 12.3. The van der Waals surface area contributed by atoms with Crippen LogP contribution >= 0.6 is 11.6 Å². The van der Waals surface area contributed by atoms with Gasteiger partial charge in [0, 0.05) is 38.2 Å². The fourth-order valence-corrected chi connectivity index (χ4v) is 4.08. The van der Waals surface area contributed by atoms with E-state index in [1.807, 2.05) is 0 Å². The highest BCUT2D eigenvalue weighted by Crippen LogP contribution is 2.21. The maximum Gasteiger partial charge on any atom is 0.253 e. The molecule has 0 aliphatic heterocycles. The lowest BCUT2D eigenvalue weighted by Gasteiger charge is -2.22. The van der Waals surface area contributed by atoms with Gasteiger partial charge in [0.2, 0.25) is 15.9 Å². The Morgan fingerprint density at radius 1 is 1.06 bits per heavy atom. The minimum absolute atomic E-state index is 0.0867. The van der Waals surface area contributed by atoms with Crippen LogP contribution < -0.4 is 14.9 Å². The molecule has 0 atom stereocenters. The minimum Gasteiger partial charge on any atom is -0.385 e. The first kappa shape index (κ1) is 25.6. The number of rotatable bonds is 12. The van der Waals surface area contributed by atoms with Crippen LogP contribution in [0.3, 0.4) is 0 Å². The Labute approximate surface area is 193 Å². The molecule has 0 saturated carbocycles. The summed E-state index contributed by atoms with van der Waals surface area (Å²) >= 11 is 5.88. The number of anilines is 2. The Hall–Kier alpha value is -2.62. The van der Waals surface area contributed by atoms with E-state index < -0.39 is 10.0 Å². The van der Waals surface area contributed by atoms with E-state index in [0.717, 1.165) is 6.26 Å². The number of nitrogens with one attached hydrogen (secondary N) is 2. The van der Waals surface area contributed by atoms with Crippen LogP contribution in [0.1, 0.15) is 29.6 Å². The average Bonchev–Trinajstić information content (AvgIpc) is 2.74. The first-order valence-electron chi connectivity index (χ1n) is 10.1. The topological polar surface area (TPSA) is 105 Å². The summed E-state index contributed by atoms with van der Waals surface area (Å²) in [5, 5.41) is 6.04. The molecule has 2 rings (SSSR count). The van der Waals surface area contributed by atoms with Gasteiger partial charge >= 0.3 is 0 Å². The monoisotopic (exact) mass is 481 g/mol. The highest BCUT2D eigenvalue weighted by molar-refractivity contribution is 7.92. The van der Waals surface area contributed by atoms with Gasteiger partial charge in [0.1, 0.15) is 0 Å². The second-order valence-electron chi connectivity index (χ2n) is 7.11. The first-order chi connectivity index (χ1) is 15.2. The second kappa shape index (κ2) is 12.4. The molecule has 2 N–H and O–H groups in total. The molecule has 0 bridgehead atoms. The number of hydrogen-bond acceptors (Lipinski definition) is 5. The van der Waals surface area contributed by atoms with Crippen molar-refractivity contribution in [1.29, 1.82) is 0 Å². The fourth-order valence-electron chi connectivity index (χ4n) is 2.99. The zero-order chi connectivity index (χ0) is 23.6. The smallest absolute Gasteiger partial charge is 0.253 e. The normalized spacial score (nSPS) is 11.1. The standard InChI is InChI=1S/C22H28ClN3O5S/c1-31-16-6-14-24-22(28)19-7-3-4-8-20(19)25-21(27)9-5-15-26(32(2,29)30)18-12-10-17(23)11-13-18/h3-4,7-8,10-13H,5-6,9,14-16H2,1-2H3,(H,24,28)(H,25,27). The number of nitrogens with zero attached hydrogens (tertiary/aromatic N) is 1. The molecule has 32 heavy (non-hydrogen) atoms. The summed E-state index contributed by atoms with van der Waals surface area (Å²) in [5.41, 5.74) is 1.24. The molecule has 2 aromatic carbocycles. The van der Waals surface area contributed by atoms with Crippen LogP contribution in [0.15, 0.2) is 48.5 Å². The molecule has 0 saturated heterocycles. The van der Waals surface area contributed by atoms with E-state index in [2.05, 4.69) is 10.6 Å². The number of carbonyl (C=O) groups excluding carboxylic acids is 2. The van der Waals surface area contributed by atoms with Crippen LogP contribution in [0, 0.1) is 0 Å². The van der Waals surface area contributed by atoms with E-state index in [1.165, 1.54) is 4.31 Å². The molecule has 2 amide bonds. The number of methoxy groups -OCH3 is 1. The number of hydrogen-bond donors (Lipinski definition) is 2. The summed E-state index contributed by atoms with van der Waals surface area (Å²) in [5.74, 6) is -0.600. The van der Waals surface area contributed by atoms with Crippen LogP contribution in [0.25, 0.3) is 0 Å². The lowest BCUT2D eigenvalue weighted by atomic mass is 10.1. The maximum absolute atomic E-state index is 12.5. The molecule has 174 valence electrons. The number of halogens is 1. The van der Waals surface area contributed by atoms with Crippen molar-refractivity contribution in [3.05, 3.63) is 59.1 Å². The summed E-state index contributed by atoms with van der Waals surface area (Å²) in [6, 6.07) is 13.2. The molecule has 0 aliphatic rings. The number of benzene rings is 2. The largest absolute Gasteiger partial charge is 0.385 e. The fraction of sp³-hybridized carbons (Fsp3) is 0.364. The number of ether oxygens (including phenoxy) is 1. The summed E-state index contributed by atoms with van der Waals surface area (Å²) < 4.78 is 30.5. The van der Waals surface area contributed by atoms with Gasteiger partial charge in [-0.2, -0.15) is 0 Å². The van der Waals surface area contributed by atoms with Gasteiger partial charge in [0.05, 0.1) is 23.2 Å². The van der Waals surface area contributed by atoms with Crippen LogP contribution in [0.4, 0.5) is 11.4 Å². The van der Waals surface area contributed by atoms with Gasteiger partial charge in [-0.1, -0.05) is 23.7 Å². The quantitative estimate of drug-likeness (QED) is 0.452. The van der Waals surface area contributed by atoms with Crippen molar-refractivity contribution in [1.82, 2.24) is 5.32 Å². The van der Waals surface area contributed by atoms with Crippen LogP contribution in [0.2, 0.25) is 5.02 Å². The van der Waals surface area contributed by atoms with Crippen LogP contribution in [-0.4, -0.2) is 53.3 Å². The number of sulfonamides is 1. The molecule has 0 heterocycles. The zero-order valence-corrected chi connectivity index (χ0v) is 19.7. The Morgan fingerprint density at radius 3 is 2.41 bits per heavy atom. The van der Waals surface area contributed by atoms with Gasteiger partial charge < -0.3 is 15.4 Å². The summed E-state index contributed by atoms with van der Waals surface area (Å²) in [6.45, 7) is 1.13. The van der Waals surface area contributed by atoms with E-state index in [1.54, 1.807) is 55.6 Å². The Bertz CT molecular complexity index is 1010. The van der Waals surface area contributed by atoms with Gasteiger partial charge in [-0.3, -0.25) is 13.9 Å². The van der Waals surface area contributed by atoms with Crippen molar-refractivity contribution in [3.63, 3.8) is 0 Å². The Balaban J connectivity index is 1.95. The number of carbonyl (C=O) groups is 2. The van der Waals surface area contributed by atoms with Gasteiger partial charge in [0.25, 0.3) is 5.91 Å². The second-order valence-corrected chi connectivity index (χ2v) is 9.45. The van der Waals surface area contributed by atoms with Gasteiger partial charge in [-0.25, -0.2) is 8.42 Å². The molecule has 2 aromatic rings. The molecular weight excluding hydrogens is 454 g/mol. The summed E-state index contributed by atoms with van der Waals surface area (Å²) in [7, 11) is -1.93. The average molecular weight is 482 g/mol. The van der Waals surface area contributed by atoms with Crippen molar-refractivity contribution in [3.8, 4) is 0 Å². The third-order valence-electron chi connectivity index (χ3n) is 4.54. The van der Waals surface area contributed by atoms with Crippen molar-refractivity contribution in [2.45, 2.75) is 19.3 Å². The van der Waals surface area contributed by atoms with E-state index in [-0.39, 0.29) is 24.8 Å². The third kappa shape index (κ3) is 8.14. The minimum atomic E-state index is -3.52. The van der Waals surface area contributed by atoms with Gasteiger partial charge in [-0.05, 0) is 49.2 Å². The molecule has 0 aromatic heterocycles. The predicted octanol–water partition coefficient (Wildman–Crippen LogP) is 3.29. The van der Waals surface area contributed by atoms with Crippen molar-refractivity contribution < 1.29 is 22.7 Å². The van der Waals surface area contributed by atoms with Crippen molar-refractivity contribution >= 4 is 44.8 Å². The van der Waals surface area contributed by atoms with E-state index >= 15 is 0 Å². The Morgan fingerprint density at radius 2 is 1.75 bits per heavy atom. The molecule has 0 spiro atoms. The van der Waals surface area contributed by atoms with E-state index in [4.69, 9.17) is 16.3 Å². The third-order valence-corrected chi connectivity index (χ3v) is 5.98. The molecule has 8 nitrogen and oxygen atoms in total. The van der Waals surface area contributed by atoms with E-state index in [0.29, 0.717) is 48.0 Å². The highest BCUT2D eigenvalue weighted by atomic mass is 35.5. The molecular formula is C22H28ClN3O5S. The molecule has 10 heteroatoms. The van der Waals surface area contributed by atoms with Crippen molar-refractivity contribution in [2.75, 3.05) is 42.7 Å². The molecule has 0 radical (unpaired) electrons. The van der Waals surface area contributed by atoms with Gasteiger partial charge in [0.15, 0.2) is 0 Å². The number of para-hydroxylation sites is 1. The molecule has 0 aliphatic carbocycles. The predicted molar refractivity (Wildman–Crippen MR) is 127 cm³/mol. The zero-order valence-electron chi connectivity index (χ0n) is 18.1. The summed E-state index contributed by atoms with van der Waals surface area (Å²) in [4.78, 5) is 24.9. The van der Waals surface area contributed by atoms with Crippen LogP contribution in [0.5, 0.6) is 0 Å².